The lowest BCUT2D eigenvalue weighted by molar-refractivity contribution is 0.591. The monoisotopic (exact) mass is 246 g/mol. The lowest BCUT2D eigenvalue weighted by atomic mass is 9.73. The number of nitrogens with zero attached hydrogens (tertiary/aromatic N) is 1. The Morgan fingerprint density at radius 1 is 1.05 bits per heavy atom. The Morgan fingerprint density at radius 3 is 1.95 bits per heavy atom. The van der Waals surface area contributed by atoms with E-state index in [2.05, 4.69) is 12.6 Å². The fraction of sp³-hybridized carbons (Fsp3) is 0.118. The standard InChI is InChI=1S/C17H14N2/c1-2-16(19)17(11-18)14-9-5-3-7-12(14)13-8-4-6-10-15(13)17/h2-10,16H,1,19H2. The summed E-state index contributed by atoms with van der Waals surface area (Å²) in [5, 5.41) is 9.83. The van der Waals surface area contributed by atoms with Gasteiger partial charge in [0.2, 0.25) is 0 Å². The van der Waals surface area contributed by atoms with Gasteiger partial charge in [-0.2, -0.15) is 5.26 Å². The van der Waals surface area contributed by atoms with E-state index in [1.807, 2.05) is 48.5 Å². The highest BCUT2D eigenvalue weighted by atomic mass is 14.7. The van der Waals surface area contributed by atoms with Crippen LogP contribution in [0.25, 0.3) is 11.1 Å². The van der Waals surface area contributed by atoms with Crippen LogP contribution in [0.2, 0.25) is 0 Å². The van der Waals surface area contributed by atoms with Crippen molar-refractivity contribution in [2.45, 2.75) is 11.5 Å². The van der Waals surface area contributed by atoms with Gasteiger partial charge in [0.25, 0.3) is 0 Å². The van der Waals surface area contributed by atoms with Crippen molar-refractivity contribution in [3.8, 4) is 17.2 Å². The molecule has 2 N–H and O–H groups in total. The molecule has 2 heteroatoms. The van der Waals surface area contributed by atoms with Gasteiger partial charge in [-0.15, -0.1) is 6.58 Å². The van der Waals surface area contributed by atoms with Gasteiger partial charge in [-0.3, -0.25) is 0 Å². The molecule has 0 aliphatic heterocycles. The smallest absolute Gasteiger partial charge is 0.127 e. The zero-order chi connectivity index (χ0) is 13.5. The first kappa shape index (κ1) is 11.7. The number of fused-ring (bicyclic) bond motifs is 3. The minimum absolute atomic E-state index is 0.428. The topological polar surface area (TPSA) is 49.8 Å². The van der Waals surface area contributed by atoms with Crippen molar-refractivity contribution in [3.05, 3.63) is 72.3 Å². The van der Waals surface area contributed by atoms with E-state index in [4.69, 9.17) is 5.73 Å². The van der Waals surface area contributed by atoms with Gasteiger partial charge >= 0.3 is 0 Å². The molecule has 2 nitrogen and oxygen atoms in total. The highest BCUT2D eigenvalue weighted by Crippen LogP contribution is 2.49. The molecule has 0 saturated carbocycles. The average molecular weight is 246 g/mol. The molecular weight excluding hydrogens is 232 g/mol. The molecule has 1 atom stereocenters. The highest BCUT2D eigenvalue weighted by molar-refractivity contribution is 5.83. The summed E-state index contributed by atoms with van der Waals surface area (Å²) >= 11 is 0. The summed E-state index contributed by atoms with van der Waals surface area (Å²) in [6, 6.07) is 18.0. The van der Waals surface area contributed by atoms with Crippen molar-refractivity contribution in [1.82, 2.24) is 0 Å². The Hall–Kier alpha value is -2.37. The Morgan fingerprint density at radius 2 is 1.53 bits per heavy atom. The molecule has 1 unspecified atom stereocenters. The second kappa shape index (κ2) is 4.08. The first-order valence-corrected chi connectivity index (χ1v) is 6.24. The van der Waals surface area contributed by atoms with E-state index in [0.717, 1.165) is 22.3 Å². The summed E-state index contributed by atoms with van der Waals surface area (Å²) in [6.07, 6.45) is 1.65. The van der Waals surface area contributed by atoms with E-state index in [1.165, 1.54) is 0 Å². The minimum Gasteiger partial charge on any atom is -0.323 e. The van der Waals surface area contributed by atoms with Gasteiger partial charge < -0.3 is 5.73 Å². The minimum atomic E-state index is -0.824. The molecule has 92 valence electrons. The van der Waals surface area contributed by atoms with E-state index in [0.29, 0.717) is 0 Å². The molecule has 0 saturated heterocycles. The van der Waals surface area contributed by atoms with Crippen molar-refractivity contribution < 1.29 is 0 Å². The molecule has 0 aromatic heterocycles. The molecule has 0 heterocycles. The second-order valence-electron chi connectivity index (χ2n) is 4.77. The molecule has 0 bridgehead atoms. The van der Waals surface area contributed by atoms with Crippen LogP contribution in [0.3, 0.4) is 0 Å². The van der Waals surface area contributed by atoms with E-state index in [1.54, 1.807) is 6.08 Å². The molecule has 1 aliphatic rings. The Kier molecular flexibility index (Phi) is 2.51. The number of hydrogen-bond acceptors (Lipinski definition) is 2. The summed E-state index contributed by atoms with van der Waals surface area (Å²) in [5.74, 6) is 0. The maximum absolute atomic E-state index is 9.83. The van der Waals surface area contributed by atoms with Crippen molar-refractivity contribution in [2.75, 3.05) is 0 Å². The van der Waals surface area contributed by atoms with Crippen LogP contribution < -0.4 is 5.73 Å². The Labute approximate surface area is 112 Å². The highest BCUT2D eigenvalue weighted by Gasteiger charge is 2.46. The van der Waals surface area contributed by atoms with Crippen LogP contribution in [-0.4, -0.2) is 6.04 Å². The number of hydrogen-bond donors (Lipinski definition) is 1. The lowest BCUT2D eigenvalue weighted by Crippen LogP contribution is -2.42. The summed E-state index contributed by atoms with van der Waals surface area (Å²) in [5.41, 5.74) is 9.53. The molecule has 0 radical (unpaired) electrons. The number of nitrogens with two attached hydrogens (primary N) is 1. The normalized spacial score (nSPS) is 16.0. The van der Waals surface area contributed by atoms with Gasteiger partial charge in [0.15, 0.2) is 0 Å². The zero-order valence-electron chi connectivity index (χ0n) is 10.5. The molecular formula is C17H14N2. The van der Waals surface area contributed by atoms with E-state index >= 15 is 0 Å². The van der Waals surface area contributed by atoms with Gasteiger partial charge in [0.05, 0.1) is 6.07 Å². The molecule has 3 rings (SSSR count). The van der Waals surface area contributed by atoms with Crippen LogP contribution in [0.5, 0.6) is 0 Å². The van der Waals surface area contributed by atoms with Gasteiger partial charge in [0, 0.05) is 6.04 Å². The van der Waals surface area contributed by atoms with E-state index in [-0.39, 0.29) is 0 Å². The Balaban J connectivity index is 2.43. The lowest BCUT2D eigenvalue weighted by Gasteiger charge is -2.28. The molecule has 0 amide bonds. The maximum atomic E-state index is 9.83. The van der Waals surface area contributed by atoms with Crippen LogP contribution >= 0.6 is 0 Å². The first-order chi connectivity index (χ1) is 9.25. The van der Waals surface area contributed by atoms with E-state index in [9.17, 15) is 5.26 Å². The largest absolute Gasteiger partial charge is 0.323 e. The molecule has 0 fully saturated rings. The van der Waals surface area contributed by atoms with Crippen molar-refractivity contribution >= 4 is 0 Å². The predicted octanol–water partition coefficient (Wildman–Crippen LogP) is 2.99. The fourth-order valence-corrected chi connectivity index (χ4v) is 3.00. The summed E-state index contributed by atoms with van der Waals surface area (Å²) in [4.78, 5) is 0. The molecule has 1 aliphatic carbocycles. The van der Waals surface area contributed by atoms with Crippen LogP contribution in [0.1, 0.15) is 11.1 Å². The quantitative estimate of drug-likeness (QED) is 0.828. The van der Waals surface area contributed by atoms with Crippen LogP contribution in [0.4, 0.5) is 0 Å². The van der Waals surface area contributed by atoms with Gasteiger partial charge in [-0.25, -0.2) is 0 Å². The fourth-order valence-electron chi connectivity index (χ4n) is 3.00. The van der Waals surface area contributed by atoms with Crippen LogP contribution in [0, 0.1) is 11.3 Å². The predicted molar refractivity (Wildman–Crippen MR) is 76.4 cm³/mol. The Bertz CT molecular complexity index is 649. The van der Waals surface area contributed by atoms with Crippen molar-refractivity contribution in [2.24, 2.45) is 5.73 Å². The summed E-state index contributed by atoms with van der Waals surface area (Å²) in [6.45, 7) is 3.77. The average Bonchev–Trinajstić information content (AvgIpc) is 2.78. The molecule has 0 spiro atoms. The van der Waals surface area contributed by atoms with Crippen molar-refractivity contribution in [1.29, 1.82) is 5.26 Å². The maximum Gasteiger partial charge on any atom is 0.127 e. The third-order valence-electron chi connectivity index (χ3n) is 3.92. The third kappa shape index (κ3) is 1.34. The third-order valence-corrected chi connectivity index (χ3v) is 3.92. The van der Waals surface area contributed by atoms with Gasteiger partial charge in [-0.05, 0) is 22.3 Å². The van der Waals surface area contributed by atoms with Crippen LogP contribution in [-0.2, 0) is 5.41 Å². The molecule has 2 aromatic rings. The van der Waals surface area contributed by atoms with Crippen LogP contribution in [0.15, 0.2) is 61.2 Å². The summed E-state index contributed by atoms with van der Waals surface area (Å²) < 4.78 is 0. The summed E-state index contributed by atoms with van der Waals surface area (Å²) in [7, 11) is 0. The molecule has 2 aromatic carbocycles. The SMILES string of the molecule is C=CC(N)C1(C#N)c2ccccc2-c2ccccc21. The van der Waals surface area contributed by atoms with Gasteiger partial charge in [0.1, 0.15) is 5.41 Å². The van der Waals surface area contributed by atoms with Crippen molar-refractivity contribution in [3.63, 3.8) is 0 Å². The second-order valence-corrected chi connectivity index (χ2v) is 4.77. The number of nitriles is 1. The zero-order valence-corrected chi connectivity index (χ0v) is 10.5. The molecule has 19 heavy (non-hydrogen) atoms. The van der Waals surface area contributed by atoms with E-state index < -0.39 is 11.5 Å². The number of benzene rings is 2. The number of rotatable bonds is 2. The first-order valence-electron chi connectivity index (χ1n) is 6.24. The van der Waals surface area contributed by atoms with Gasteiger partial charge in [-0.1, -0.05) is 54.6 Å².